The van der Waals surface area contributed by atoms with Crippen molar-refractivity contribution in [1.29, 1.82) is 5.26 Å². The Morgan fingerprint density at radius 3 is 3.07 bits per heavy atom. The van der Waals surface area contributed by atoms with E-state index in [-0.39, 0.29) is 6.10 Å². The van der Waals surface area contributed by atoms with Gasteiger partial charge in [-0.2, -0.15) is 5.26 Å². The Labute approximate surface area is 85.0 Å². The van der Waals surface area contributed by atoms with E-state index in [2.05, 4.69) is 0 Å². The minimum atomic E-state index is -0.767. The van der Waals surface area contributed by atoms with Gasteiger partial charge >= 0.3 is 0 Å². The summed E-state index contributed by atoms with van der Waals surface area (Å²) in [6.07, 6.45) is 3.02. The molecule has 2 N–H and O–H groups in total. The fourth-order valence-electron chi connectivity index (χ4n) is 1.33. The van der Waals surface area contributed by atoms with Crippen molar-refractivity contribution in [3.63, 3.8) is 0 Å². The van der Waals surface area contributed by atoms with Crippen molar-refractivity contribution in [3.8, 4) is 6.07 Å². The van der Waals surface area contributed by atoms with E-state index in [4.69, 9.17) is 20.5 Å². The lowest BCUT2D eigenvalue weighted by atomic mass is 10.0. The quantitative estimate of drug-likeness (QED) is 0.664. The second kappa shape index (κ2) is 5.30. The molecule has 0 amide bonds. The number of nitrogens with two attached hydrogens (primary N) is 1. The molecular weight excluding hydrogens is 180 g/mol. The fraction of sp³-hybridized carbons (Fsp3) is 0.900. The van der Waals surface area contributed by atoms with E-state index in [9.17, 15) is 0 Å². The first kappa shape index (κ1) is 11.4. The van der Waals surface area contributed by atoms with Crippen LogP contribution in [0.2, 0.25) is 0 Å². The van der Waals surface area contributed by atoms with Gasteiger partial charge < -0.3 is 15.2 Å². The molecule has 1 fully saturated rings. The van der Waals surface area contributed by atoms with Gasteiger partial charge in [-0.1, -0.05) is 0 Å². The lowest BCUT2D eigenvalue weighted by Gasteiger charge is -2.16. The summed E-state index contributed by atoms with van der Waals surface area (Å²) in [5.41, 5.74) is 4.87. The molecule has 1 heterocycles. The molecule has 4 nitrogen and oxygen atoms in total. The molecule has 0 saturated carbocycles. The second-order valence-corrected chi connectivity index (χ2v) is 3.99. The summed E-state index contributed by atoms with van der Waals surface area (Å²) in [5.74, 6) is 0. The Kier molecular flexibility index (Phi) is 4.33. The first-order valence-electron chi connectivity index (χ1n) is 5.03. The van der Waals surface area contributed by atoms with Gasteiger partial charge in [-0.15, -0.1) is 0 Å². The highest BCUT2D eigenvalue weighted by atomic mass is 16.5. The average molecular weight is 198 g/mol. The predicted molar refractivity (Wildman–Crippen MR) is 52.6 cm³/mol. The number of nitriles is 1. The van der Waals surface area contributed by atoms with Crippen LogP contribution in [-0.2, 0) is 9.47 Å². The van der Waals surface area contributed by atoms with E-state index in [1.165, 1.54) is 0 Å². The Bertz CT molecular complexity index is 205. The highest BCUT2D eigenvalue weighted by molar-refractivity contribution is 5.00. The molecule has 0 aromatic heterocycles. The largest absolute Gasteiger partial charge is 0.379 e. The highest BCUT2D eigenvalue weighted by Crippen LogP contribution is 2.12. The number of hydrogen-bond acceptors (Lipinski definition) is 4. The van der Waals surface area contributed by atoms with Crippen LogP contribution in [0.15, 0.2) is 0 Å². The normalized spacial score (nSPS) is 25.6. The smallest absolute Gasteiger partial charge is 0.103 e. The zero-order valence-electron chi connectivity index (χ0n) is 8.66. The minimum Gasteiger partial charge on any atom is -0.379 e. The molecule has 4 heteroatoms. The molecule has 1 saturated heterocycles. The van der Waals surface area contributed by atoms with E-state index >= 15 is 0 Å². The monoisotopic (exact) mass is 198 g/mol. The molecule has 2 atom stereocenters. The van der Waals surface area contributed by atoms with Crippen LogP contribution in [-0.4, -0.2) is 31.5 Å². The van der Waals surface area contributed by atoms with Crippen molar-refractivity contribution in [1.82, 2.24) is 0 Å². The van der Waals surface area contributed by atoms with Crippen molar-refractivity contribution < 1.29 is 9.47 Å². The molecule has 14 heavy (non-hydrogen) atoms. The molecule has 0 bridgehead atoms. The molecule has 0 radical (unpaired) electrons. The Morgan fingerprint density at radius 1 is 1.71 bits per heavy atom. The average Bonchev–Trinajstić information content (AvgIpc) is 2.65. The number of nitrogens with zero attached hydrogens (tertiary/aromatic N) is 1. The summed E-state index contributed by atoms with van der Waals surface area (Å²) < 4.78 is 10.8. The molecule has 0 aromatic rings. The maximum absolute atomic E-state index is 8.65. The van der Waals surface area contributed by atoms with E-state index < -0.39 is 5.54 Å². The molecular formula is C10H18N2O2. The van der Waals surface area contributed by atoms with Crippen LogP contribution in [0.5, 0.6) is 0 Å². The maximum atomic E-state index is 8.65. The lowest BCUT2D eigenvalue weighted by Crippen LogP contribution is -2.35. The lowest BCUT2D eigenvalue weighted by molar-refractivity contribution is 0.0141. The third-order valence-electron chi connectivity index (χ3n) is 2.35. The Morgan fingerprint density at radius 2 is 2.50 bits per heavy atom. The van der Waals surface area contributed by atoms with Crippen LogP contribution in [0.25, 0.3) is 0 Å². The Balaban J connectivity index is 2.02. The van der Waals surface area contributed by atoms with Crippen LogP contribution >= 0.6 is 0 Å². The molecule has 0 aromatic carbocycles. The van der Waals surface area contributed by atoms with Gasteiger partial charge in [0, 0.05) is 19.6 Å². The highest BCUT2D eigenvalue weighted by Gasteiger charge is 2.18. The number of hydrogen-bond donors (Lipinski definition) is 1. The van der Waals surface area contributed by atoms with E-state index in [1.54, 1.807) is 6.92 Å². The van der Waals surface area contributed by atoms with Crippen molar-refractivity contribution in [2.45, 2.75) is 37.8 Å². The first-order chi connectivity index (χ1) is 6.64. The van der Waals surface area contributed by atoms with E-state index in [0.29, 0.717) is 19.6 Å². The molecule has 80 valence electrons. The van der Waals surface area contributed by atoms with Gasteiger partial charge in [0.1, 0.15) is 5.54 Å². The minimum absolute atomic E-state index is 0.251. The van der Waals surface area contributed by atoms with Gasteiger partial charge in [-0.05, 0) is 19.8 Å². The van der Waals surface area contributed by atoms with Crippen LogP contribution in [0.4, 0.5) is 0 Å². The topological polar surface area (TPSA) is 68.3 Å². The van der Waals surface area contributed by atoms with Gasteiger partial charge in [0.25, 0.3) is 0 Å². The zero-order valence-corrected chi connectivity index (χ0v) is 8.66. The van der Waals surface area contributed by atoms with Crippen molar-refractivity contribution in [2.24, 2.45) is 5.73 Å². The number of rotatable bonds is 5. The van der Waals surface area contributed by atoms with E-state index in [1.807, 2.05) is 6.07 Å². The molecule has 1 aliphatic rings. The first-order valence-corrected chi connectivity index (χ1v) is 5.03. The van der Waals surface area contributed by atoms with Crippen molar-refractivity contribution in [3.05, 3.63) is 0 Å². The van der Waals surface area contributed by atoms with Gasteiger partial charge in [0.2, 0.25) is 0 Å². The fourth-order valence-corrected chi connectivity index (χ4v) is 1.33. The Hall–Kier alpha value is -0.630. The summed E-state index contributed by atoms with van der Waals surface area (Å²) in [5, 5.41) is 8.65. The van der Waals surface area contributed by atoms with Crippen LogP contribution in [0.1, 0.15) is 26.2 Å². The van der Waals surface area contributed by atoms with Gasteiger partial charge in [0.15, 0.2) is 0 Å². The van der Waals surface area contributed by atoms with Gasteiger partial charge in [0.05, 0.1) is 18.8 Å². The van der Waals surface area contributed by atoms with Crippen molar-refractivity contribution in [2.75, 3.05) is 19.8 Å². The standard InChI is InChI=1S/C10H18N2O2/c1-10(12,8-11)4-6-13-7-9-3-2-5-14-9/h9H,2-7,12H2,1H3. The van der Waals surface area contributed by atoms with Crippen LogP contribution in [0.3, 0.4) is 0 Å². The van der Waals surface area contributed by atoms with Gasteiger partial charge in [-0.25, -0.2) is 0 Å². The number of ether oxygens (including phenoxy) is 2. The summed E-state index contributed by atoms with van der Waals surface area (Å²) in [6, 6.07) is 2.04. The molecule has 2 unspecified atom stereocenters. The van der Waals surface area contributed by atoms with Crippen LogP contribution in [0, 0.1) is 11.3 Å². The SMILES string of the molecule is CC(N)(C#N)CCOCC1CCCO1. The third kappa shape index (κ3) is 4.05. The summed E-state index contributed by atoms with van der Waals surface area (Å²) in [4.78, 5) is 0. The van der Waals surface area contributed by atoms with E-state index in [0.717, 1.165) is 19.4 Å². The second-order valence-electron chi connectivity index (χ2n) is 3.99. The molecule has 0 aliphatic carbocycles. The molecule has 1 rings (SSSR count). The zero-order chi connectivity index (χ0) is 10.4. The maximum Gasteiger partial charge on any atom is 0.103 e. The molecule has 0 spiro atoms. The van der Waals surface area contributed by atoms with Crippen LogP contribution < -0.4 is 5.73 Å². The third-order valence-corrected chi connectivity index (χ3v) is 2.35. The van der Waals surface area contributed by atoms with Gasteiger partial charge in [-0.3, -0.25) is 0 Å². The predicted octanol–water partition coefficient (Wildman–Crippen LogP) is 0.813. The van der Waals surface area contributed by atoms with Crippen molar-refractivity contribution >= 4 is 0 Å². The summed E-state index contributed by atoms with van der Waals surface area (Å²) in [7, 11) is 0. The molecule has 1 aliphatic heterocycles. The summed E-state index contributed by atoms with van der Waals surface area (Å²) in [6.45, 7) is 3.71. The summed E-state index contributed by atoms with van der Waals surface area (Å²) >= 11 is 0.